The van der Waals surface area contributed by atoms with Crippen LogP contribution < -0.4 is 10.6 Å². The smallest absolute Gasteiger partial charge is 0.123 e. The van der Waals surface area contributed by atoms with Gasteiger partial charge >= 0.3 is 0 Å². The fourth-order valence-electron chi connectivity index (χ4n) is 2.29. The van der Waals surface area contributed by atoms with Gasteiger partial charge in [-0.1, -0.05) is 13.8 Å². The molecule has 3 heteroatoms. The summed E-state index contributed by atoms with van der Waals surface area (Å²) in [6.07, 6.45) is 1.10. The van der Waals surface area contributed by atoms with Crippen LogP contribution in [0.1, 0.15) is 45.7 Å². The van der Waals surface area contributed by atoms with E-state index in [2.05, 4.69) is 25.7 Å². The summed E-state index contributed by atoms with van der Waals surface area (Å²) in [5.41, 5.74) is 7.83. The van der Waals surface area contributed by atoms with Crippen molar-refractivity contribution < 1.29 is 4.39 Å². The molecule has 2 nitrogen and oxygen atoms in total. The topological polar surface area (TPSA) is 29.3 Å². The lowest BCUT2D eigenvalue weighted by Crippen LogP contribution is -2.31. The van der Waals surface area contributed by atoms with Crippen LogP contribution in [0.25, 0.3) is 0 Å². The molecule has 1 unspecified atom stereocenters. The number of halogens is 1. The molecule has 0 aliphatic carbocycles. The number of hydrogen-bond acceptors (Lipinski definition) is 2. The molecule has 0 radical (unpaired) electrons. The van der Waals surface area contributed by atoms with Crippen LogP contribution in [0.4, 0.5) is 10.1 Å². The maximum atomic E-state index is 13.3. The molecule has 0 saturated heterocycles. The molecule has 1 aromatic rings. The van der Waals surface area contributed by atoms with Gasteiger partial charge in [0, 0.05) is 24.8 Å². The number of anilines is 1. The quantitative estimate of drug-likeness (QED) is 0.865. The molecule has 0 aliphatic rings. The third kappa shape index (κ3) is 3.70. The molecule has 0 aromatic heterocycles. The van der Waals surface area contributed by atoms with Crippen molar-refractivity contribution in [1.82, 2.24) is 0 Å². The van der Waals surface area contributed by atoms with Crippen LogP contribution >= 0.6 is 0 Å². The summed E-state index contributed by atoms with van der Waals surface area (Å²) >= 11 is 0. The summed E-state index contributed by atoms with van der Waals surface area (Å²) in [6.45, 7) is 8.50. The lowest BCUT2D eigenvalue weighted by molar-refractivity contribution is 0.502. The number of nitrogens with two attached hydrogens (primary N) is 1. The largest absolute Gasteiger partial charge is 0.372 e. The number of benzene rings is 1. The molecule has 0 amide bonds. The van der Waals surface area contributed by atoms with Gasteiger partial charge in [0.05, 0.1) is 0 Å². The highest BCUT2D eigenvalue weighted by Crippen LogP contribution is 2.28. The summed E-state index contributed by atoms with van der Waals surface area (Å²) in [4.78, 5) is 2.19. The van der Waals surface area contributed by atoms with Crippen molar-refractivity contribution in [1.29, 1.82) is 0 Å². The van der Waals surface area contributed by atoms with Crippen LogP contribution in [0.15, 0.2) is 18.2 Å². The van der Waals surface area contributed by atoms with Gasteiger partial charge in [0.2, 0.25) is 0 Å². The van der Waals surface area contributed by atoms with Crippen molar-refractivity contribution in [3.8, 4) is 0 Å². The summed E-state index contributed by atoms with van der Waals surface area (Å²) in [5.74, 6) is 0.414. The van der Waals surface area contributed by atoms with Gasteiger partial charge in [-0.05, 0) is 49.9 Å². The summed E-state index contributed by atoms with van der Waals surface area (Å²) < 4.78 is 13.3. The summed E-state index contributed by atoms with van der Waals surface area (Å²) in [5, 5.41) is 0. The highest BCUT2D eigenvalue weighted by atomic mass is 19.1. The third-order valence-corrected chi connectivity index (χ3v) is 3.33. The fourth-order valence-corrected chi connectivity index (χ4v) is 2.29. The van der Waals surface area contributed by atoms with Gasteiger partial charge in [-0.2, -0.15) is 0 Å². The molecule has 0 bridgehead atoms. The van der Waals surface area contributed by atoms with Crippen molar-refractivity contribution >= 4 is 5.69 Å². The van der Waals surface area contributed by atoms with Gasteiger partial charge in [-0.15, -0.1) is 0 Å². The minimum Gasteiger partial charge on any atom is -0.372 e. The Morgan fingerprint density at radius 1 is 1.22 bits per heavy atom. The van der Waals surface area contributed by atoms with Crippen LogP contribution in [0.3, 0.4) is 0 Å². The average Bonchev–Trinajstić information content (AvgIpc) is 2.26. The minimum atomic E-state index is -0.226. The molecule has 18 heavy (non-hydrogen) atoms. The first kappa shape index (κ1) is 15.0. The van der Waals surface area contributed by atoms with E-state index < -0.39 is 0 Å². The number of hydrogen-bond donors (Lipinski definition) is 1. The van der Waals surface area contributed by atoms with Gasteiger partial charge in [-0.25, -0.2) is 4.39 Å². The molecule has 1 rings (SSSR count). The Bertz CT molecular complexity index is 388. The molecular weight excluding hydrogens is 227 g/mol. The van der Waals surface area contributed by atoms with Crippen molar-refractivity contribution in [3.05, 3.63) is 29.6 Å². The Morgan fingerprint density at radius 3 is 2.33 bits per heavy atom. The van der Waals surface area contributed by atoms with E-state index in [1.54, 1.807) is 6.07 Å². The zero-order valence-corrected chi connectivity index (χ0v) is 12.1. The maximum Gasteiger partial charge on any atom is 0.123 e. The van der Waals surface area contributed by atoms with Crippen LogP contribution in [0.2, 0.25) is 0 Å². The SMILES string of the molecule is CC(C)CC(C)N(C)c1ccc(F)cc1[C@@H](C)N. The monoisotopic (exact) mass is 252 g/mol. The normalized spacial score (nSPS) is 14.7. The molecule has 0 heterocycles. The zero-order chi connectivity index (χ0) is 13.9. The lowest BCUT2D eigenvalue weighted by atomic mass is 10.0. The highest BCUT2D eigenvalue weighted by molar-refractivity contribution is 5.55. The average molecular weight is 252 g/mol. The van der Waals surface area contributed by atoms with Crippen LogP contribution in [-0.2, 0) is 0 Å². The number of rotatable bonds is 5. The molecule has 0 saturated carbocycles. The van der Waals surface area contributed by atoms with Gasteiger partial charge in [-0.3, -0.25) is 0 Å². The summed E-state index contributed by atoms with van der Waals surface area (Å²) in [7, 11) is 2.05. The van der Waals surface area contributed by atoms with Crippen LogP contribution in [0, 0.1) is 11.7 Å². The Hall–Kier alpha value is -1.09. The predicted molar refractivity (Wildman–Crippen MR) is 76.3 cm³/mol. The lowest BCUT2D eigenvalue weighted by Gasteiger charge is -2.31. The van der Waals surface area contributed by atoms with E-state index in [1.807, 2.05) is 20.0 Å². The third-order valence-electron chi connectivity index (χ3n) is 3.33. The second-order valence-corrected chi connectivity index (χ2v) is 5.58. The van der Waals surface area contributed by atoms with Gasteiger partial charge in [0.25, 0.3) is 0 Å². The zero-order valence-electron chi connectivity index (χ0n) is 12.1. The first-order valence-electron chi connectivity index (χ1n) is 6.60. The molecule has 0 aliphatic heterocycles. The standard InChI is InChI=1S/C15H25FN2/c1-10(2)8-11(3)18(5)15-7-6-13(16)9-14(15)12(4)17/h6-7,9-12H,8,17H2,1-5H3/t11?,12-/m1/s1. The van der Waals surface area contributed by atoms with E-state index in [4.69, 9.17) is 5.73 Å². The number of nitrogens with zero attached hydrogens (tertiary/aromatic N) is 1. The van der Waals surface area contributed by atoms with Crippen LogP contribution in [-0.4, -0.2) is 13.1 Å². The van der Waals surface area contributed by atoms with Gasteiger partial charge in [0.15, 0.2) is 0 Å². The molecule has 102 valence electrons. The van der Waals surface area contributed by atoms with Crippen molar-refractivity contribution in [2.45, 2.75) is 46.2 Å². The Kier molecular flexibility index (Phi) is 5.15. The van der Waals surface area contributed by atoms with Crippen molar-refractivity contribution in [2.24, 2.45) is 11.7 Å². The Labute approximate surface area is 110 Å². The summed E-state index contributed by atoms with van der Waals surface area (Å²) in [6, 6.07) is 5.11. The molecule has 2 N–H and O–H groups in total. The Morgan fingerprint density at radius 2 is 1.83 bits per heavy atom. The first-order valence-corrected chi connectivity index (χ1v) is 6.60. The maximum absolute atomic E-state index is 13.3. The second kappa shape index (κ2) is 6.19. The van der Waals surface area contributed by atoms with Gasteiger partial charge in [0.1, 0.15) is 5.82 Å². The van der Waals surface area contributed by atoms with E-state index in [0.717, 1.165) is 17.7 Å². The van der Waals surface area contributed by atoms with E-state index in [1.165, 1.54) is 6.07 Å². The van der Waals surface area contributed by atoms with Crippen molar-refractivity contribution in [2.75, 3.05) is 11.9 Å². The highest BCUT2D eigenvalue weighted by Gasteiger charge is 2.17. The second-order valence-electron chi connectivity index (χ2n) is 5.58. The van der Waals surface area contributed by atoms with Crippen LogP contribution in [0.5, 0.6) is 0 Å². The molecule has 2 atom stereocenters. The molecule has 1 aromatic carbocycles. The molecule has 0 spiro atoms. The van der Waals surface area contributed by atoms with E-state index in [-0.39, 0.29) is 11.9 Å². The van der Waals surface area contributed by atoms with Gasteiger partial charge < -0.3 is 10.6 Å². The fraction of sp³-hybridized carbons (Fsp3) is 0.600. The van der Waals surface area contributed by atoms with E-state index in [0.29, 0.717) is 12.0 Å². The minimum absolute atomic E-state index is 0.163. The van der Waals surface area contributed by atoms with Crippen molar-refractivity contribution in [3.63, 3.8) is 0 Å². The molecular formula is C15H25FN2. The van der Waals surface area contributed by atoms with E-state index in [9.17, 15) is 4.39 Å². The first-order chi connectivity index (χ1) is 8.32. The predicted octanol–water partition coefficient (Wildman–Crippen LogP) is 3.72. The Balaban J connectivity index is 3.01. The molecule has 0 fully saturated rings. The van der Waals surface area contributed by atoms with E-state index >= 15 is 0 Å².